The quantitative estimate of drug-likeness (QED) is 0.199. The molecule has 0 atom stereocenters. The molecule has 0 amide bonds. The van der Waals surface area contributed by atoms with Crippen LogP contribution in [0.5, 0.6) is 34.5 Å². The van der Waals surface area contributed by atoms with Crippen LogP contribution in [0, 0.1) is 0 Å². The van der Waals surface area contributed by atoms with E-state index in [0.717, 1.165) is 10.6 Å². The van der Waals surface area contributed by atoms with Crippen molar-refractivity contribution in [3.8, 4) is 34.5 Å². The third kappa shape index (κ3) is 2.43. The molecule has 11 rings (SSSR count). The molecule has 0 radical (unpaired) electrons. The second-order valence-corrected chi connectivity index (χ2v) is 16.4. The van der Waals surface area contributed by atoms with Gasteiger partial charge in [0.2, 0.25) is 0 Å². The summed E-state index contributed by atoms with van der Waals surface area (Å²) in [5, 5.41) is 2.66. The van der Waals surface area contributed by atoms with Crippen LogP contribution < -0.4 is 49.1 Å². The van der Waals surface area contributed by atoms with Crippen LogP contribution in [0.3, 0.4) is 0 Å². The molecule has 0 saturated carbocycles. The van der Waals surface area contributed by atoms with Gasteiger partial charge in [0.25, 0.3) is 0 Å². The SMILES string of the molecule is c1ccc(P23(c4ccccc4)OOc4c(c5c6c(c4OP(c4ccccc4)(c4ccccc4)(O6)O5)OO2)O3)cc1. The van der Waals surface area contributed by atoms with E-state index in [-0.39, 0.29) is 23.0 Å². The Labute approximate surface area is 228 Å². The van der Waals surface area contributed by atoms with Gasteiger partial charge in [-0.25, -0.2) is 0 Å². The van der Waals surface area contributed by atoms with Crippen LogP contribution in [-0.4, -0.2) is 0 Å². The number of hydrogen-bond donors (Lipinski definition) is 0. The molecule has 40 heavy (non-hydrogen) atoms. The maximum absolute atomic E-state index is 7.00. The van der Waals surface area contributed by atoms with E-state index in [2.05, 4.69) is 0 Å². The maximum atomic E-state index is 7.00. The molecule has 6 aliphatic heterocycles. The topological polar surface area (TPSA) is 73.8 Å². The third-order valence-electron chi connectivity index (χ3n) is 7.58. The van der Waals surface area contributed by atoms with Gasteiger partial charge in [0.05, 0.1) is 0 Å². The standard InChI is InChI=1S/C30H20O8P2/c1-5-13-21(14-6-1)39(22-15-7-2-8-16-22)33-27-25-28(34-39)30(35-39)29-26(27)32-38-40(36-29,37-31-25,23-17-9-3-10-18-23)24-19-11-4-12-20-24/h1-20H. The van der Waals surface area contributed by atoms with Crippen molar-refractivity contribution in [3.63, 3.8) is 0 Å². The average molecular weight is 570 g/mol. The first-order chi connectivity index (χ1) is 19.6. The zero-order valence-electron chi connectivity index (χ0n) is 20.7. The van der Waals surface area contributed by atoms with Crippen molar-refractivity contribution >= 4 is 35.8 Å². The van der Waals surface area contributed by atoms with Gasteiger partial charge in [-0.05, 0) is 0 Å². The second-order valence-electron chi connectivity index (χ2n) is 9.76. The number of benzene rings is 5. The van der Waals surface area contributed by atoms with Crippen LogP contribution in [0.4, 0.5) is 0 Å². The summed E-state index contributed by atoms with van der Waals surface area (Å²) < 4.78 is 40.3. The molecular weight excluding hydrogens is 550 g/mol. The van der Waals surface area contributed by atoms with Crippen molar-refractivity contribution in [3.05, 3.63) is 121 Å². The van der Waals surface area contributed by atoms with Gasteiger partial charge in [-0.2, -0.15) is 0 Å². The van der Waals surface area contributed by atoms with E-state index in [1.54, 1.807) is 0 Å². The first-order valence-electron chi connectivity index (χ1n) is 12.7. The van der Waals surface area contributed by atoms with E-state index >= 15 is 0 Å². The van der Waals surface area contributed by atoms with Gasteiger partial charge in [-0.3, -0.25) is 0 Å². The van der Waals surface area contributed by atoms with Crippen molar-refractivity contribution < 1.29 is 37.2 Å². The predicted molar refractivity (Wildman–Crippen MR) is 151 cm³/mol. The molecule has 198 valence electrons. The first-order valence-corrected chi connectivity index (χ1v) is 16.7. The molecular formula is C30H20O8P2. The summed E-state index contributed by atoms with van der Waals surface area (Å²) in [6, 6.07) is 38.0. The molecule has 6 aliphatic rings. The second kappa shape index (κ2) is 7.25. The van der Waals surface area contributed by atoms with E-state index in [1.165, 1.54) is 0 Å². The first kappa shape index (κ1) is 22.5. The fraction of sp³-hybridized carbons (Fsp3) is 0. The van der Waals surface area contributed by atoms with E-state index in [0.29, 0.717) is 22.1 Å². The Morgan fingerprint density at radius 3 is 0.950 bits per heavy atom. The molecule has 0 unspecified atom stereocenters. The summed E-state index contributed by atoms with van der Waals surface area (Å²) in [4.78, 5) is 12.3. The van der Waals surface area contributed by atoms with Gasteiger partial charge >= 0.3 is 229 Å². The molecule has 0 saturated heterocycles. The number of hydrogen-bond acceptors (Lipinski definition) is 8. The molecule has 5 aromatic rings. The molecule has 8 nitrogen and oxygen atoms in total. The Balaban J connectivity index is 1.35. The number of rotatable bonds is 4. The zero-order chi connectivity index (χ0) is 26.5. The third-order valence-corrected chi connectivity index (χ3v) is 15.1. The van der Waals surface area contributed by atoms with Crippen molar-refractivity contribution in [2.75, 3.05) is 0 Å². The molecule has 0 fully saturated rings. The van der Waals surface area contributed by atoms with Crippen LogP contribution in [0.15, 0.2) is 121 Å². The van der Waals surface area contributed by atoms with Crippen LogP contribution in [-0.2, 0) is 9.35 Å². The number of fused-ring (bicyclic) bond motifs is 2. The predicted octanol–water partition coefficient (Wildman–Crippen LogP) is 5.78. The average Bonchev–Trinajstić information content (AvgIpc) is 3.26. The Hall–Kier alpha value is -4.32. The normalized spacial score (nSPS) is 22.1. The molecule has 0 N–H and O–H groups in total. The van der Waals surface area contributed by atoms with Gasteiger partial charge in [0, 0.05) is 0 Å². The van der Waals surface area contributed by atoms with Gasteiger partial charge in [0.15, 0.2) is 0 Å². The van der Waals surface area contributed by atoms with Crippen LogP contribution in [0.2, 0.25) is 0 Å². The van der Waals surface area contributed by atoms with Gasteiger partial charge in [-0.15, -0.1) is 0 Å². The van der Waals surface area contributed by atoms with Crippen molar-refractivity contribution in [1.82, 2.24) is 0 Å². The van der Waals surface area contributed by atoms with E-state index in [1.807, 2.05) is 121 Å². The molecule has 0 spiro atoms. The Morgan fingerprint density at radius 1 is 0.300 bits per heavy atom. The summed E-state index contributed by atoms with van der Waals surface area (Å²) in [7, 11) is -8.89. The Kier molecular flexibility index (Phi) is 4.07. The van der Waals surface area contributed by atoms with Crippen molar-refractivity contribution in [1.29, 1.82) is 0 Å². The molecule has 0 aliphatic carbocycles. The molecule has 10 heteroatoms. The van der Waals surface area contributed by atoms with Crippen LogP contribution in [0.1, 0.15) is 0 Å². The molecule has 7 bridgehead atoms. The summed E-state index contributed by atoms with van der Waals surface area (Å²) in [5.41, 5.74) is 0. The summed E-state index contributed by atoms with van der Waals surface area (Å²) in [6.45, 7) is 0. The van der Waals surface area contributed by atoms with Crippen LogP contribution in [0.25, 0.3) is 0 Å². The van der Waals surface area contributed by atoms with Gasteiger partial charge in [-0.1, -0.05) is 0 Å². The fourth-order valence-electron chi connectivity index (χ4n) is 5.71. The Bertz CT molecular complexity index is 1760. The summed E-state index contributed by atoms with van der Waals surface area (Å²) in [5.74, 6) is 1.53. The van der Waals surface area contributed by atoms with Crippen molar-refractivity contribution in [2.45, 2.75) is 0 Å². The zero-order valence-corrected chi connectivity index (χ0v) is 22.5. The van der Waals surface area contributed by atoms with Gasteiger partial charge in [0.1, 0.15) is 0 Å². The van der Waals surface area contributed by atoms with Gasteiger partial charge < -0.3 is 0 Å². The van der Waals surface area contributed by atoms with Crippen molar-refractivity contribution in [2.24, 2.45) is 0 Å². The van der Waals surface area contributed by atoms with Crippen LogP contribution >= 0.6 is 14.6 Å². The summed E-state index contributed by atoms with van der Waals surface area (Å²) >= 11 is 0. The molecule has 5 aromatic carbocycles. The monoisotopic (exact) mass is 570 g/mol. The Morgan fingerprint density at radius 2 is 0.575 bits per heavy atom. The molecule has 6 heterocycles. The fourth-order valence-corrected chi connectivity index (χ4v) is 12.8. The van der Waals surface area contributed by atoms with E-state index in [9.17, 15) is 0 Å². The van der Waals surface area contributed by atoms with E-state index < -0.39 is 14.6 Å². The minimum absolute atomic E-state index is 0.200. The van der Waals surface area contributed by atoms with E-state index in [4.69, 9.17) is 37.2 Å². The minimum atomic E-state index is -4.57. The summed E-state index contributed by atoms with van der Waals surface area (Å²) in [6.07, 6.45) is 0. The molecule has 0 aromatic heterocycles.